The van der Waals surface area contributed by atoms with Gasteiger partial charge < -0.3 is 9.64 Å². The molecule has 1 saturated carbocycles. The van der Waals surface area contributed by atoms with Crippen LogP contribution in [0, 0.1) is 5.41 Å². The number of ether oxygens (including phenoxy) is 1. The minimum Gasteiger partial charge on any atom is -0.452 e. The molecule has 3 rings (SSSR count). The highest BCUT2D eigenvalue weighted by Crippen LogP contribution is 2.64. The number of hydrogen-bond acceptors (Lipinski definition) is 4. The zero-order chi connectivity index (χ0) is 18.9. The fourth-order valence-corrected chi connectivity index (χ4v) is 3.88. The monoisotopic (exact) mass is 398 g/mol. The zero-order valence-corrected chi connectivity index (χ0v) is 16.6. The van der Waals surface area contributed by atoms with E-state index in [0.717, 1.165) is 19.6 Å². The predicted octanol–water partition coefficient (Wildman–Crippen LogP) is 2.85. The Bertz CT molecular complexity index is 675. The molecular formula is C19H24Cl2N2O3. The molecule has 1 aliphatic carbocycles. The normalized spacial score (nSPS) is 26.2. The molecule has 1 aliphatic heterocycles. The zero-order valence-electron chi connectivity index (χ0n) is 15.1. The Kier molecular flexibility index (Phi) is 5.52. The summed E-state index contributed by atoms with van der Waals surface area (Å²) >= 11 is 12.0. The summed E-state index contributed by atoms with van der Waals surface area (Å²) in [5, 5.41) is 0. The average molecular weight is 399 g/mol. The maximum atomic E-state index is 12.6. The van der Waals surface area contributed by atoms with Gasteiger partial charge in [0.25, 0.3) is 5.91 Å². The molecule has 1 amide bonds. The Morgan fingerprint density at radius 3 is 2.27 bits per heavy atom. The van der Waals surface area contributed by atoms with E-state index in [1.807, 2.05) is 18.2 Å². The van der Waals surface area contributed by atoms with Gasteiger partial charge in [-0.2, -0.15) is 0 Å². The van der Waals surface area contributed by atoms with E-state index in [9.17, 15) is 9.59 Å². The molecule has 7 heteroatoms. The molecule has 142 valence electrons. The first-order valence-corrected chi connectivity index (χ1v) is 9.62. The van der Waals surface area contributed by atoms with Gasteiger partial charge >= 0.3 is 5.97 Å². The topological polar surface area (TPSA) is 49.9 Å². The summed E-state index contributed by atoms with van der Waals surface area (Å²) in [6, 6.07) is 10.3. The summed E-state index contributed by atoms with van der Waals surface area (Å²) in [7, 11) is 0. The molecule has 1 heterocycles. The van der Waals surface area contributed by atoms with Crippen LogP contribution in [-0.4, -0.2) is 58.3 Å². The Morgan fingerprint density at radius 2 is 1.73 bits per heavy atom. The van der Waals surface area contributed by atoms with E-state index >= 15 is 0 Å². The van der Waals surface area contributed by atoms with Gasteiger partial charge in [-0.3, -0.25) is 14.5 Å². The molecule has 5 nitrogen and oxygen atoms in total. The molecule has 0 N–H and O–H groups in total. The van der Waals surface area contributed by atoms with Gasteiger partial charge in [-0.05, 0) is 19.4 Å². The molecule has 1 aromatic rings. The second kappa shape index (κ2) is 7.37. The van der Waals surface area contributed by atoms with Gasteiger partial charge in [0.2, 0.25) is 0 Å². The predicted molar refractivity (Wildman–Crippen MR) is 101 cm³/mol. The van der Waals surface area contributed by atoms with Crippen LogP contribution in [-0.2, 0) is 20.9 Å². The second-order valence-electron chi connectivity index (χ2n) is 7.35. The van der Waals surface area contributed by atoms with E-state index in [2.05, 4.69) is 17.0 Å². The third-order valence-electron chi connectivity index (χ3n) is 5.27. The molecule has 2 fully saturated rings. The third kappa shape index (κ3) is 4.00. The summed E-state index contributed by atoms with van der Waals surface area (Å²) in [6.07, 6.45) is -0.481. The number of carbonyl (C=O) groups excluding carboxylic acids is 2. The van der Waals surface area contributed by atoms with Crippen LogP contribution in [0.5, 0.6) is 0 Å². The molecule has 2 atom stereocenters. The van der Waals surface area contributed by atoms with Crippen LogP contribution in [0.4, 0.5) is 0 Å². The largest absolute Gasteiger partial charge is 0.452 e. The Balaban J connectivity index is 1.46. The standard InChI is InChI=1S/C19H24Cl2N2O3/c1-14(26-17(25)18(2)13-19(18,20)21)16(24)23-10-8-22(9-11-23)12-15-6-4-3-5-7-15/h3-7,14H,8-13H2,1-2H3. The van der Waals surface area contributed by atoms with Crippen molar-refractivity contribution in [3.05, 3.63) is 35.9 Å². The van der Waals surface area contributed by atoms with Crippen LogP contribution < -0.4 is 0 Å². The molecule has 0 spiro atoms. The fourth-order valence-electron chi connectivity index (χ4n) is 3.19. The van der Waals surface area contributed by atoms with E-state index < -0.39 is 21.8 Å². The van der Waals surface area contributed by atoms with E-state index in [-0.39, 0.29) is 5.91 Å². The highest BCUT2D eigenvalue weighted by Gasteiger charge is 2.69. The highest BCUT2D eigenvalue weighted by molar-refractivity contribution is 6.53. The lowest BCUT2D eigenvalue weighted by Crippen LogP contribution is -2.51. The summed E-state index contributed by atoms with van der Waals surface area (Å²) in [6.45, 7) is 6.98. The van der Waals surface area contributed by atoms with Gasteiger partial charge in [0.05, 0.1) is 0 Å². The lowest BCUT2D eigenvalue weighted by Gasteiger charge is -2.35. The summed E-state index contributed by atoms with van der Waals surface area (Å²) < 4.78 is 4.25. The van der Waals surface area contributed by atoms with Crippen molar-refractivity contribution >= 4 is 35.1 Å². The number of amides is 1. The molecule has 0 bridgehead atoms. The van der Waals surface area contributed by atoms with Crippen molar-refractivity contribution in [2.24, 2.45) is 5.41 Å². The Morgan fingerprint density at radius 1 is 1.15 bits per heavy atom. The van der Waals surface area contributed by atoms with Gasteiger partial charge in [0.1, 0.15) is 9.75 Å². The van der Waals surface area contributed by atoms with E-state index in [4.69, 9.17) is 27.9 Å². The van der Waals surface area contributed by atoms with Crippen molar-refractivity contribution in [2.45, 2.75) is 37.3 Å². The number of alkyl halides is 2. The second-order valence-corrected chi connectivity index (χ2v) is 8.83. The molecule has 26 heavy (non-hydrogen) atoms. The van der Waals surface area contributed by atoms with Crippen molar-refractivity contribution in [2.75, 3.05) is 26.2 Å². The number of hydrogen-bond donors (Lipinski definition) is 0. The number of nitrogens with zero attached hydrogens (tertiary/aromatic N) is 2. The quantitative estimate of drug-likeness (QED) is 0.565. The molecule has 2 unspecified atom stereocenters. The van der Waals surface area contributed by atoms with Gasteiger partial charge in [-0.15, -0.1) is 23.2 Å². The minimum atomic E-state index is -1.09. The van der Waals surface area contributed by atoms with Gasteiger partial charge in [-0.1, -0.05) is 30.3 Å². The number of esters is 1. The van der Waals surface area contributed by atoms with Crippen LogP contribution in [0.1, 0.15) is 25.8 Å². The number of halogens is 2. The van der Waals surface area contributed by atoms with Crippen molar-refractivity contribution in [1.82, 2.24) is 9.80 Å². The van der Waals surface area contributed by atoms with Gasteiger partial charge in [0.15, 0.2) is 6.10 Å². The van der Waals surface area contributed by atoms with E-state index in [1.165, 1.54) is 5.56 Å². The molecule has 1 aromatic carbocycles. The number of carbonyl (C=O) groups is 2. The van der Waals surface area contributed by atoms with Crippen LogP contribution in [0.2, 0.25) is 0 Å². The van der Waals surface area contributed by atoms with Crippen molar-refractivity contribution in [1.29, 1.82) is 0 Å². The van der Waals surface area contributed by atoms with Crippen LogP contribution in [0.3, 0.4) is 0 Å². The van der Waals surface area contributed by atoms with Crippen molar-refractivity contribution in [3.8, 4) is 0 Å². The van der Waals surface area contributed by atoms with Crippen LogP contribution in [0.15, 0.2) is 30.3 Å². The molecule has 1 saturated heterocycles. The lowest BCUT2D eigenvalue weighted by atomic mass is 10.1. The average Bonchev–Trinajstić information content (AvgIpc) is 3.15. The van der Waals surface area contributed by atoms with Gasteiger partial charge in [-0.25, -0.2) is 0 Å². The van der Waals surface area contributed by atoms with Gasteiger partial charge in [0, 0.05) is 39.1 Å². The minimum absolute atomic E-state index is 0.170. The number of piperazine rings is 1. The summed E-state index contributed by atoms with van der Waals surface area (Å²) in [5.41, 5.74) is 0.344. The lowest BCUT2D eigenvalue weighted by molar-refractivity contribution is -0.164. The molecule has 2 aliphatic rings. The van der Waals surface area contributed by atoms with Crippen molar-refractivity contribution in [3.63, 3.8) is 0 Å². The van der Waals surface area contributed by atoms with E-state index in [0.29, 0.717) is 19.5 Å². The molecule has 0 aromatic heterocycles. The fraction of sp³-hybridized carbons (Fsp3) is 0.579. The first-order chi connectivity index (χ1) is 12.2. The first-order valence-electron chi connectivity index (χ1n) is 8.87. The summed E-state index contributed by atoms with van der Waals surface area (Å²) in [4.78, 5) is 28.9. The smallest absolute Gasteiger partial charge is 0.315 e. The highest BCUT2D eigenvalue weighted by atomic mass is 35.5. The summed E-state index contributed by atoms with van der Waals surface area (Å²) in [5.74, 6) is -0.678. The van der Waals surface area contributed by atoms with E-state index in [1.54, 1.807) is 18.7 Å². The van der Waals surface area contributed by atoms with Crippen LogP contribution >= 0.6 is 23.2 Å². The number of rotatable bonds is 5. The SMILES string of the molecule is CC(OC(=O)C1(C)CC1(Cl)Cl)C(=O)N1CCN(Cc2ccccc2)CC1. The Hall–Kier alpha value is -1.30. The maximum Gasteiger partial charge on any atom is 0.315 e. The Labute approximate surface area is 164 Å². The molecule has 0 radical (unpaired) electrons. The maximum absolute atomic E-state index is 12.6. The third-order valence-corrected chi connectivity index (χ3v) is 6.37. The van der Waals surface area contributed by atoms with Crippen LogP contribution in [0.25, 0.3) is 0 Å². The molecular weight excluding hydrogens is 375 g/mol. The first kappa shape index (κ1) is 19.5. The number of benzene rings is 1. The van der Waals surface area contributed by atoms with Crippen molar-refractivity contribution < 1.29 is 14.3 Å².